The molecule has 2 rings (SSSR count). The highest BCUT2D eigenvalue weighted by molar-refractivity contribution is 5.81. The Bertz CT molecular complexity index is 759. The van der Waals surface area contributed by atoms with Crippen LogP contribution < -0.4 is 14.8 Å². The monoisotopic (exact) mass is 357 g/mol. The van der Waals surface area contributed by atoms with Gasteiger partial charge in [0.25, 0.3) is 5.91 Å². The maximum Gasteiger partial charge on any atom is 0.341 e. The summed E-state index contributed by atoms with van der Waals surface area (Å²) in [6.07, 6.45) is -0.0371. The van der Waals surface area contributed by atoms with E-state index in [1.165, 1.54) is 0 Å². The van der Waals surface area contributed by atoms with Crippen LogP contribution in [0.25, 0.3) is 0 Å². The lowest BCUT2D eigenvalue weighted by molar-refractivity contribution is -0.139. The van der Waals surface area contributed by atoms with Crippen LogP contribution >= 0.6 is 0 Å². The van der Waals surface area contributed by atoms with E-state index in [1.807, 2.05) is 44.2 Å². The average molecular weight is 357 g/mol. The number of ether oxygens (including phenoxy) is 2. The number of hydrogen-bond donors (Lipinski definition) is 2. The van der Waals surface area contributed by atoms with Crippen molar-refractivity contribution in [3.05, 3.63) is 59.7 Å². The molecule has 0 fully saturated rings. The summed E-state index contributed by atoms with van der Waals surface area (Å²) in [7, 11) is 0. The second-order valence-electron chi connectivity index (χ2n) is 5.88. The highest BCUT2D eigenvalue weighted by Gasteiger charge is 2.18. The second kappa shape index (κ2) is 9.46. The predicted octanol–water partition coefficient (Wildman–Crippen LogP) is 2.93. The van der Waals surface area contributed by atoms with E-state index < -0.39 is 18.7 Å². The minimum absolute atomic E-state index is 0.203. The van der Waals surface area contributed by atoms with Crippen LogP contribution in [0.3, 0.4) is 0 Å². The van der Waals surface area contributed by atoms with Gasteiger partial charge in [-0.3, -0.25) is 4.79 Å². The number of carbonyl (C=O) groups excluding carboxylic acids is 1. The van der Waals surface area contributed by atoms with Crippen molar-refractivity contribution in [1.82, 2.24) is 5.32 Å². The Balaban J connectivity index is 1.91. The topological polar surface area (TPSA) is 84.9 Å². The van der Waals surface area contributed by atoms with Crippen LogP contribution in [0.5, 0.6) is 11.5 Å². The fourth-order valence-corrected chi connectivity index (χ4v) is 2.37. The van der Waals surface area contributed by atoms with E-state index in [0.717, 1.165) is 11.1 Å². The van der Waals surface area contributed by atoms with Crippen LogP contribution in [0.2, 0.25) is 0 Å². The van der Waals surface area contributed by atoms with Crippen molar-refractivity contribution in [1.29, 1.82) is 0 Å². The number of rotatable bonds is 9. The molecule has 138 valence electrons. The van der Waals surface area contributed by atoms with Crippen LogP contribution in [0.4, 0.5) is 0 Å². The molecule has 0 radical (unpaired) electrons. The van der Waals surface area contributed by atoms with Gasteiger partial charge in [-0.25, -0.2) is 4.79 Å². The molecular weight excluding hydrogens is 334 g/mol. The van der Waals surface area contributed by atoms with Gasteiger partial charge in [-0.15, -0.1) is 0 Å². The number of hydrogen-bond acceptors (Lipinski definition) is 4. The standard InChI is InChI=1S/C20H23NO5/c1-3-18(26-17-9-4-6-14(2)10-17)20(24)21-12-15-7-5-8-16(11-15)25-13-19(22)23/h4-11,18H,3,12-13H2,1-2H3,(H,21,24)(H,22,23). The van der Waals surface area contributed by atoms with Gasteiger partial charge in [-0.1, -0.05) is 31.2 Å². The summed E-state index contributed by atoms with van der Waals surface area (Å²) in [5.41, 5.74) is 1.88. The normalized spacial score (nSPS) is 11.5. The molecule has 26 heavy (non-hydrogen) atoms. The molecule has 6 heteroatoms. The summed E-state index contributed by atoms with van der Waals surface area (Å²) in [6.45, 7) is 3.75. The fourth-order valence-electron chi connectivity index (χ4n) is 2.37. The van der Waals surface area contributed by atoms with Gasteiger partial charge in [0.05, 0.1) is 0 Å². The van der Waals surface area contributed by atoms with Crippen molar-refractivity contribution in [2.24, 2.45) is 0 Å². The Labute approximate surface area is 152 Å². The minimum Gasteiger partial charge on any atom is -0.482 e. The molecule has 0 saturated carbocycles. The van der Waals surface area contributed by atoms with Crippen molar-refractivity contribution in [2.45, 2.75) is 32.9 Å². The SMILES string of the molecule is CCC(Oc1cccc(C)c1)C(=O)NCc1cccc(OCC(=O)O)c1. The van der Waals surface area contributed by atoms with Gasteiger partial charge in [0.15, 0.2) is 12.7 Å². The molecule has 0 aliphatic heterocycles. The van der Waals surface area contributed by atoms with Gasteiger partial charge in [-0.05, 0) is 48.7 Å². The maximum absolute atomic E-state index is 12.4. The van der Waals surface area contributed by atoms with E-state index in [1.54, 1.807) is 18.2 Å². The molecule has 0 heterocycles. The van der Waals surface area contributed by atoms with Gasteiger partial charge >= 0.3 is 5.97 Å². The molecule has 0 saturated heterocycles. The highest BCUT2D eigenvalue weighted by atomic mass is 16.5. The summed E-state index contributed by atoms with van der Waals surface area (Å²) >= 11 is 0. The molecule has 2 aromatic carbocycles. The van der Waals surface area contributed by atoms with Crippen molar-refractivity contribution in [2.75, 3.05) is 6.61 Å². The molecule has 1 amide bonds. The van der Waals surface area contributed by atoms with E-state index in [4.69, 9.17) is 14.6 Å². The third-order valence-corrected chi connectivity index (χ3v) is 3.66. The van der Waals surface area contributed by atoms with Crippen molar-refractivity contribution < 1.29 is 24.2 Å². The van der Waals surface area contributed by atoms with Crippen LogP contribution in [-0.2, 0) is 16.1 Å². The van der Waals surface area contributed by atoms with E-state index in [2.05, 4.69) is 5.32 Å². The molecule has 6 nitrogen and oxygen atoms in total. The van der Waals surface area contributed by atoms with Crippen LogP contribution in [0, 0.1) is 6.92 Å². The van der Waals surface area contributed by atoms with Crippen molar-refractivity contribution >= 4 is 11.9 Å². The Kier molecular flexibility index (Phi) is 7.02. The lowest BCUT2D eigenvalue weighted by Gasteiger charge is -2.17. The van der Waals surface area contributed by atoms with Gasteiger partial charge < -0.3 is 19.9 Å². The molecule has 1 atom stereocenters. The second-order valence-corrected chi connectivity index (χ2v) is 5.88. The number of benzene rings is 2. The third-order valence-electron chi connectivity index (χ3n) is 3.66. The summed E-state index contributed by atoms with van der Waals surface area (Å²) in [6, 6.07) is 14.5. The van der Waals surface area contributed by atoms with Gasteiger partial charge in [0, 0.05) is 6.54 Å². The molecule has 0 spiro atoms. The van der Waals surface area contributed by atoms with E-state index in [9.17, 15) is 9.59 Å². The average Bonchev–Trinajstić information content (AvgIpc) is 2.63. The molecule has 0 aromatic heterocycles. The Hall–Kier alpha value is -3.02. The quantitative estimate of drug-likeness (QED) is 0.721. The number of carboxylic acids is 1. The number of amides is 1. The first-order valence-corrected chi connectivity index (χ1v) is 8.42. The first kappa shape index (κ1) is 19.3. The van der Waals surface area contributed by atoms with E-state index >= 15 is 0 Å². The largest absolute Gasteiger partial charge is 0.482 e. The molecule has 1 unspecified atom stereocenters. The van der Waals surface area contributed by atoms with Gasteiger partial charge in [0.1, 0.15) is 11.5 Å². The summed E-state index contributed by atoms with van der Waals surface area (Å²) in [4.78, 5) is 22.9. The molecule has 0 bridgehead atoms. The van der Waals surface area contributed by atoms with Crippen LogP contribution in [-0.4, -0.2) is 29.7 Å². The molecule has 0 aliphatic rings. The fraction of sp³-hybridized carbons (Fsp3) is 0.300. The number of carbonyl (C=O) groups is 2. The van der Waals surface area contributed by atoms with Crippen molar-refractivity contribution in [3.8, 4) is 11.5 Å². The molecule has 2 N–H and O–H groups in total. The summed E-state index contributed by atoms with van der Waals surface area (Å²) in [5, 5.41) is 11.5. The minimum atomic E-state index is -1.04. The third kappa shape index (κ3) is 6.12. The zero-order chi connectivity index (χ0) is 18.9. The van der Waals surface area contributed by atoms with E-state index in [0.29, 0.717) is 24.5 Å². The Morgan fingerprint density at radius 2 is 1.85 bits per heavy atom. The van der Waals surface area contributed by atoms with Crippen molar-refractivity contribution in [3.63, 3.8) is 0 Å². The number of carboxylic acid groups (broad SMARTS) is 1. The Morgan fingerprint density at radius 3 is 2.54 bits per heavy atom. The first-order chi connectivity index (χ1) is 12.5. The zero-order valence-electron chi connectivity index (χ0n) is 14.9. The van der Waals surface area contributed by atoms with Gasteiger partial charge in [0.2, 0.25) is 0 Å². The smallest absolute Gasteiger partial charge is 0.341 e. The number of aliphatic carboxylic acids is 1. The first-order valence-electron chi connectivity index (χ1n) is 8.42. The zero-order valence-corrected chi connectivity index (χ0v) is 14.9. The van der Waals surface area contributed by atoms with Gasteiger partial charge in [-0.2, -0.15) is 0 Å². The highest BCUT2D eigenvalue weighted by Crippen LogP contribution is 2.16. The lowest BCUT2D eigenvalue weighted by Crippen LogP contribution is -2.37. The predicted molar refractivity (Wildman–Crippen MR) is 97.3 cm³/mol. The summed E-state index contributed by atoms with van der Waals surface area (Å²) in [5.74, 6) is -0.132. The Morgan fingerprint density at radius 1 is 1.12 bits per heavy atom. The molecular formula is C20H23NO5. The van der Waals surface area contributed by atoms with Crippen LogP contribution in [0.15, 0.2) is 48.5 Å². The summed E-state index contributed by atoms with van der Waals surface area (Å²) < 4.78 is 10.9. The molecule has 0 aliphatic carbocycles. The maximum atomic E-state index is 12.4. The lowest BCUT2D eigenvalue weighted by atomic mass is 10.2. The van der Waals surface area contributed by atoms with E-state index in [-0.39, 0.29) is 5.91 Å². The van der Waals surface area contributed by atoms with Crippen LogP contribution in [0.1, 0.15) is 24.5 Å². The molecule has 2 aromatic rings. The number of nitrogens with one attached hydrogen (secondary N) is 1. The number of aryl methyl sites for hydroxylation is 1.